The Labute approximate surface area is 141 Å². The highest BCUT2D eigenvalue weighted by molar-refractivity contribution is 5.96. The highest BCUT2D eigenvalue weighted by atomic mass is 16.5. The van der Waals surface area contributed by atoms with Gasteiger partial charge in [-0.05, 0) is 47.9 Å². The van der Waals surface area contributed by atoms with E-state index in [1.54, 1.807) is 28.4 Å². The van der Waals surface area contributed by atoms with Crippen LogP contribution in [0, 0.1) is 0 Å². The molecule has 0 spiro atoms. The van der Waals surface area contributed by atoms with Crippen LogP contribution in [0.5, 0.6) is 23.0 Å². The van der Waals surface area contributed by atoms with Gasteiger partial charge in [0.15, 0.2) is 0 Å². The first kappa shape index (κ1) is 16.0. The summed E-state index contributed by atoms with van der Waals surface area (Å²) in [5, 5.41) is 2.07. The lowest BCUT2D eigenvalue weighted by Crippen LogP contribution is -1.94. The van der Waals surface area contributed by atoms with Crippen molar-refractivity contribution in [1.29, 1.82) is 0 Å². The molecule has 0 aliphatic carbocycles. The normalized spacial score (nSPS) is 10.5. The quantitative estimate of drug-likeness (QED) is 0.690. The van der Waals surface area contributed by atoms with Gasteiger partial charge in [0.1, 0.15) is 23.0 Å². The van der Waals surface area contributed by atoms with Crippen LogP contribution in [0.15, 0.2) is 48.5 Å². The summed E-state index contributed by atoms with van der Waals surface area (Å²) in [5.41, 5.74) is 1.87. The molecular weight excluding hydrogens is 304 g/mol. The summed E-state index contributed by atoms with van der Waals surface area (Å²) in [6, 6.07) is 15.7. The van der Waals surface area contributed by atoms with Crippen molar-refractivity contribution >= 4 is 10.8 Å². The molecule has 0 saturated carbocycles. The molecule has 0 fully saturated rings. The minimum atomic E-state index is 0.766. The van der Waals surface area contributed by atoms with E-state index < -0.39 is 0 Å². The number of fused-ring (bicyclic) bond motifs is 1. The topological polar surface area (TPSA) is 36.9 Å². The molecule has 4 heteroatoms. The third-order valence-corrected chi connectivity index (χ3v) is 4.08. The largest absolute Gasteiger partial charge is 0.497 e. The number of rotatable bonds is 5. The smallest absolute Gasteiger partial charge is 0.134 e. The number of methoxy groups -OCH3 is 4. The van der Waals surface area contributed by atoms with E-state index in [0.717, 1.165) is 44.9 Å². The summed E-state index contributed by atoms with van der Waals surface area (Å²) in [6.07, 6.45) is 0. The molecule has 124 valence electrons. The molecular formula is C20H20O4. The molecule has 3 rings (SSSR count). The summed E-state index contributed by atoms with van der Waals surface area (Å²) < 4.78 is 21.9. The molecule has 0 aliphatic heterocycles. The van der Waals surface area contributed by atoms with Crippen LogP contribution >= 0.6 is 0 Å². The molecule has 0 N–H and O–H groups in total. The van der Waals surface area contributed by atoms with Gasteiger partial charge in [-0.1, -0.05) is 6.07 Å². The number of ether oxygens (including phenoxy) is 4. The summed E-state index contributed by atoms with van der Waals surface area (Å²) >= 11 is 0. The predicted molar refractivity (Wildman–Crippen MR) is 95.6 cm³/mol. The first-order valence-electron chi connectivity index (χ1n) is 7.59. The van der Waals surface area contributed by atoms with Crippen LogP contribution in [-0.2, 0) is 0 Å². The molecule has 0 aromatic heterocycles. The fraction of sp³-hybridized carbons (Fsp3) is 0.200. The summed E-state index contributed by atoms with van der Waals surface area (Å²) in [5.74, 6) is 3.14. The minimum Gasteiger partial charge on any atom is -0.497 e. The van der Waals surface area contributed by atoms with Crippen molar-refractivity contribution in [1.82, 2.24) is 0 Å². The van der Waals surface area contributed by atoms with Crippen molar-refractivity contribution < 1.29 is 18.9 Å². The van der Waals surface area contributed by atoms with Crippen molar-refractivity contribution in [2.24, 2.45) is 0 Å². The first-order valence-corrected chi connectivity index (χ1v) is 7.59. The van der Waals surface area contributed by atoms with Crippen LogP contribution in [0.2, 0.25) is 0 Å². The molecule has 24 heavy (non-hydrogen) atoms. The lowest BCUT2D eigenvalue weighted by molar-refractivity contribution is 0.403. The van der Waals surface area contributed by atoms with Crippen LogP contribution in [0.1, 0.15) is 0 Å². The van der Waals surface area contributed by atoms with E-state index in [1.165, 1.54) is 0 Å². The van der Waals surface area contributed by atoms with Gasteiger partial charge < -0.3 is 18.9 Å². The number of hydrogen-bond donors (Lipinski definition) is 0. The average Bonchev–Trinajstić information content (AvgIpc) is 2.65. The second-order valence-corrected chi connectivity index (χ2v) is 5.30. The van der Waals surface area contributed by atoms with Crippen molar-refractivity contribution in [3.05, 3.63) is 48.5 Å². The fourth-order valence-corrected chi connectivity index (χ4v) is 2.86. The highest BCUT2D eigenvalue weighted by Gasteiger charge is 2.15. The lowest BCUT2D eigenvalue weighted by atomic mass is 9.98. The summed E-state index contributed by atoms with van der Waals surface area (Å²) in [7, 11) is 6.64. The van der Waals surface area contributed by atoms with E-state index >= 15 is 0 Å². The monoisotopic (exact) mass is 324 g/mol. The van der Waals surface area contributed by atoms with Crippen molar-refractivity contribution in [2.45, 2.75) is 0 Å². The Morgan fingerprint density at radius 2 is 1.29 bits per heavy atom. The molecule has 0 unspecified atom stereocenters. The van der Waals surface area contributed by atoms with Gasteiger partial charge in [-0.3, -0.25) is 0 Å². The molecule has 0 heterocycles. The Morgan fingerprint density at radius 3 is 1.96 bits per heavy atom. The fourth-order valence-electron chi connectivity index (χ4n) is 2.86. The number of hydrogen-bond acceptors (Lipinski definition) is 4. The SMILES string of the molecule is COc1ccc(OC)c(-c2ccc3cc(OC)ccc3c2OC)c1. The zero-order valence-corrected chi connectivity index (χ0v) is 14.3. The summed E-state index contributed by atoms with van der Waals surface area (Å²) in [6.45, 7) is 0. The Hall–Kier alpha value is -2.88. The molecule has 3 aromatic carbocycles. The van der Waals surface area contributed by atoms with Gasteiger partial charge in [0.05, 0.1) is 28.4 Å². The van der Waals surface area contributed by atoms with E-state index in [1.807, 2.05) is 42.5 Å². The molecule has 0 atom stereocenters. The first-order chi connectivity index (χ1) is 11.7. The minimum absolute atomic E-state index is 0.766. The van der Waals surface area contributed by atoms with Gasteiger partial charge in [-0.15, -0.1) is 0 Å². The molecule has 0 radical (unpaired) electrons. The Balaban J connectivity index is 2.26. The van der Waals surface area contributed by atoms with E-state index in [-0.39, 0.29) is 0 Å². The molecule has 0 aliphatic rings. The maximum absolute atomic E-state index is 5.72. The zero-order chi connectivity index (χ0) is 17.1. The third-order valence-electron chi connectivity index (χ3n) is 4.08. The predicted octanol–water partition coefficient (Wildman–Crippen LogP) is 4.54. The van der Waals surface area contributed by atoms with Crippen LogP contribution in [0.25, 0.3) is 21.9 Å². The van der Waals surface area contributed by atoms with Gasteiger partial charge in [0.25, 0.3) is 0 Å². The van der Waals surface area contributed by atoms with Crippen molar-refractivity contribution in [2.75, 3.05) is 28.4 Å². The van der Waals surface area contributed by atoms with Crippen LogP contribution in [-0.4, -0.2) is 28.4 Å². The van der Waals surface area contributed by atoms with Gasteiger partial charge in [-0.25, -0.2) is 0 Å². The maximum Gasteiger partial charge on any atom is 0.134 e. The lowest BCUT2D eigenvalue weighted by Gasteiger charge is -2.16. The van der Waals surface area contributed by atoms with Crippen LogP contribution < -0.4 is 18.9 Å². The molecule has 3 aromatic rings. The Morgan fingerprint density at radius 1 is 0.583 bits per heavy atom. The molecule has 0 saturated heterocycles. The van der Waals surface area contributed by atoms with Crippen molar-refractivity contribution in [3.8, 4) is 34.1 Å². The van der Waals surface area contributed by atoms with Gasteiger partial charge in [0, 0.05) is 16.5 Å². The van der Waals surface area contributed by atoms with Gasteiger partial charge >= 0.3 is 0 Å². The standard InChI is InChI=1S/C20H20O4/c1-21-14-6-9-16-13(11-14)5-8-17(20(16)24-4)18-12-15(22-2)7-10-19(18)23-3/h5-12H,1-4H3. The zero-order valence-electron chi connectivity index (χ0n) is 14.3. The van der Waals surface area contributed by atoms with E-state index in [4.69, 9.17) is 18.9 Å². The van der Waals surface area contributed by atoms with Gasteiger partial charge in [0.2, 0.25) is 0 Å². The van der Waals surface area contributed by atoms with E-state index in [2.05, 4.69) is 6.07 Å². The second kappa shape index (κ2) is 6.71. The highest BCUT2D eigenvalue weighted by Crippen LogP contribution is 2.42. The van der Waals surface area contributed by atoms with E-state index in [0.29, 0.717) is 0 Å². The van der Waals surface area contributed by atoms with Crippen LogP contribution in [0.3, 0.4) is 0 Å². The third kappa shape index (κ3) is 2.71. The van der Waals surface area contributed by atoms with Gasteiger partial charge in [-0.2, -0.15) is 0 Å². The number of benzene rings is 3. The summed E-state index contributed by atoms with van der Waals surface area (Å²) in [4.78, 5) is 0. The molecule has 0 bridgehead atoms. The van der Waals surface area contributed by atoms with Crippen LogP contribution in [0.4, 0.5) is 0 Å². The molecule has 4 nitrogen and oxygen atoms in total. The average molecular weight is 324 g/mol. The maximum atomic E-state index is 5.72. The van der Waals surface area contributed by atoms with E-state index in [9.17, 15) is 0 Å². The Kier molecular flexibility index (Phi) is 4.47. The Bertz CT molecular complexity index is 871. The molecule has 0 amide bonds. The second-order valence-electron chi connectivity index (χ2n) is 5.30. The van der Waals surface area contributed by atoms with Crippen molar-refractivity contribution in [3.63, 3.8) is 0 Å².